The lowest BCUT2D eigenvalue weighted by Crippen LogP contribution is -2.33. The fourth-order valence-electron chi connectivity index (χ4n) is 3.10. The van der Waals surface area contributed by atoms with Gasteiger partial charge in [0.2, 0.25) is 5.91 Å². The summed E-state index contributed by atoms with van der Waals surface area (Å²) < 4.78 is 7.46. The van der Waals surface area contributed by atoms with Gasteiger partial charge in [0.1, 0.15) is 11.6 Å². The Hall–Kier alpha value is -2.76. The van der Waals surface area contributed by atoms with Gasteiger partial charge in [-0.15, -0.1) is 10.2 Å². The molecule has 0 aliphatic carbocycles. The molecule has 0 aliphatic rings. The second kappa shape index (κ2) is 10.5. The molecule has 31 heavy (non-hydrogen) atoms. The highest BCUT2D eigenvalue weighted by atomic mass is 35.5. The zero-order valence-corrected chi connectivity index (χ0v) is 19.3. The zero-order valence-electron chi connectivity index (χ0n) is 17.7. The third kappa shape index (κ3) is 5.69. The zero-order chi connectivity index (χ0) is 22.4. The molecule has 2 heterocycles. The summed E-state index contributed by atoms with van der Waals surface area (Å²) in [5.74, 6) is 1.86. The number of halogens is 1. The van der Waals surface area contributed by atoms with E-state index in [1.54, 1.807) is 23.3 Å². The van der Waals surface area contributed by atoms with Crippen molar-refractivity contribution < 1.29 is 9.21 Å². The summed E-state index contributed by atoms with van der Waals surface area (Å²) in [5.41, 5.74) is 1.60. The number of aryl methyl sites for hydroxylation is 1. The third-order valence-corrected chi connectivity index (χ3v) is 6.06. The fraction of sp³-hybridized carbons (Fsp3) is 0.364. The highest BCUT2D eigenvalue weighted by Gasteiger charge is 2.21. The summed E-state index contributed by atoms with van der Waals surface area (Å²) in [6, 6.07) is 11.3. The molecular weight excluding hydrogens is 434 g/mol. The van der Waals surface area contributed by atoms with Gasteiger partial charge in [0.05, 0.1) is 31.1 Å². The van der Waals surface area contributed by atoms with E-state index in [1.807, 2.05) is 29.7 Å². The molecule has 0 N–H and O–H groups in total. The van der Waals surface area contributed by atoms with E-state index in [-0.39, 0.29) is 24.0 Å². The predicted molar refractivity (Wildman–Crippen MR) is 121 cm³/mol. The summed E-state index contributed by atoms with van der Waals surface area (Å²) >= 11 is 7.45. The second-order valence-corrected chi connectivity index (χ2v) is 8.69. The molecule has 0 saturated carbocycles. The van der Waals surface area contributed by atoms with Crippen molar-refractivity contribution in [1.29, 1.82) is 5.26 Å². The normalized spacial score (nSPS) is 11.0. The first-order chi connectivity index (χ1) is 14.9. The Kier molecular flexibility index (Phi) is 7.77. The molecule has 2 aromatic heterocycles. The number of nitriles is 1. The third-order valence-electron chi connectivity index (χ3n) is 4.68. The number of aromatic nitrogens is 3. The first-order valence-electron chi connectivity index (χ1n) is 9.92. The Morgan fingerprint density at radius 3 is 2.81 bits per heavy atom. The van der Waals surface area contributed by atoms with Crippen LogP contribution in [0.1, 0.15) is 43.3 Å². The molecule has 0 spiro atoms. The Bertz CT molecular complexity index is 1070. The number of amides is 1. The Morgan fingerprint density at radius 1 is 1.35 bits per heavy atom. The summed E-state index contributed by atoms with van der Waals surface area (Å²) in [4.78, 5) is 14.7. The van der Waals surface area contributed by atoms with Crippen LogP contribution >= 0.6 is 23.4 Å². The molecule has 7 nitrogen and oxygen atoms in total. The van der Waals surface area contributed by atoms with E-state index in [0.717, 1.165) is 22.8 Å². The number of hydrogen-bond donors (Lipinski definition) is 0. The van der Waals surface area contributed by atoms with Crippen molar-refractivity contribution in [1.82, 2.24) is 14.8 Å². The number of hydrogen-bond acceptors (Lipinski definition) is 6. The van der Waals surface area contributed by atoms with Gasteiger partial charge >= 0.3 is 0 Å². The van der Waals surface area contributed by atoms with Gasteiger partial charge in [0.25, 0.3) is 0 Å². The van der Waals surface area contributed by atoms with Gasteiger partial charge in [-0.25, -0.2) is 0 Å². The first kappa shape index (κ1) is 22.9. The molecule has 0 bridgehead atoms. The summed E-state index contributed by atoms with van der Waals surface area (Å²) in [6.45, 7) is 6.80. The second-order valence-electron chi connectivity index (χ2n) is 7.34. The van der Waals surface area contributed by atoms with E-state index >= 15 is 0 Å². The van der Waals surface area contributed by atoms with Crippen LogP contribution in [-0.2, 0) is 11.3 Å². The van der Waals surface area contributed by atoms with Crippen molar-refractivity contribution >= 4 is 35.0 Å². The highest BCUT2D eigenvalue weighted by molar-refractivity contribution is 7.99. The molecule has 162 valence electrons. The lowest BCUT2D eigenvalue weighted by Gasteiger charge is -2.22. The fourth-order valence-corrected chi connectivity index (χ4v) is 4.04. The number of furan rings is 1. The largest absolute Gasteiger partial charge is 0.467 e. The Labute approximate surface area is 191 Å². The van der Waals surface area contributed by atoms with Crippen LogP contribution in [0, 0.1) is 18.3 Å². The lowest BCUT2D eigenvalue weighted by molar-refractivity contribution is -0.116. The van der Waals surface area contributed by atoms with Crippen molar-refractivity contribution in [3.63, 3.8) is 0 Å². The van der Waals surface area contributed by atoms with Crippen LogP contribution in [0.4, 0.5) is 5.69 Å². The standard InChI is InChI=1S/C22H24ClN5O2S/c1-15(2)21-25-26-22(28(21)13-18-6-4-11-30-18)31-14-20(29)27(10-5-9-24)17-7-8-19(23)16(3)12-17/h4,6-8,11-12,15H,5,10,13-14H2,1-3H3. The number of benzene rings is 1. The van der Waals surface area contributed by atoms with Crippen LogP contribution in [0.3, 0.4) is 0 Å². The summed E-state index contributed by atoms with van der Waals surface area (Å²) in [5, 5.41) is 18.9. The van der Waals surface area contributed by atoms with E-state index in [4.69, 9.17) is 21.3 Å². The molecule has 0 aliphatic heterocycles. The van der Waals surface area contributed by atoms with Crippen LogP contribution in [0.25, 0.3) is 0 Å². The van der Waals surface area contributed by atoms with E-state index in [0.29, 0.717) is 23.3 Å². The topological polar surface area (TPSA) is 88.0 Å². The van der Waals surface area contributed by atoms with Crippen molar-refractivity contribution in [2.24, 2.45) is 0 Å². The van der Waals surface area contributed by atoms with Gasteiger partial charge in [0, 0.05) is 23.2 Å². The molecule has 3 rings (SSSR count). The average molecular weight is 458 g/mol. The van der Waals surface area contributed by atoms with Crippen LogP contribution < -0.4 is 4.90 Å². The van der Waals surface area contributed by atoms with Crippen LogP contribution in [0.2, 0.25) is 5.02 Å². The summed E-state index contributed by atoms with van der Waals surface area (Å²) in [6.07, 6.45) is 1.87. The number of anilines is 1. The number of rotatable bonds is 9. The Balaban J connectivity index is 1.78. The van der Waals surface area contributed by atoms with Gasteiger partial charge < -0.3 is 9.32 Å². The van der Waals surface area contributed by atoms with Crippen molar-refractivity contribution in [2.45, 2.75) is 44.8 Å². The lowest BCUT2D eigenvalue weighted by atomic mass is 10.2. The average Bonchev–Trinajstić information content (AvgIpc) is 3.39. The maximum absolute atomic E-state index is 13.1. The van der Waals surface area contributed by atoms with Crippen LogP contribution in [0.5, 0.6) is 0 Å². The van der Waals surface area contributed by atoms with E-state index in [1.165, 1.54) is 11.8 Å². The van der Waals surface area contributed by atoms with Gasteiger partial charge in [0.15, 0.2) is 5.16 Å². The molecule has 1 amide bonds. The van der Waals surface area contributed by atoms with E-state index in [2.05, 4.69) is 30.1 Å². The maximum Gasteiger partial charge on any atom is 0.237 e. The smallest absolute Gasteiger partial charge is 0.237 e. The highest BCUT2D eigenvalue weighted by Crippen LogP contribution is 2.26. The molecule has 0 fully saturated rings. The van der Waals surface area contributed by atoms with Crippen LogP contribution in [0.15, 0.2) is 46.2 Å². The van der Waals surface area contributed by atoms with Crippen molar-refractivity contribution in [3.8, 4) is 6.07 Å². The minimum absolute atomic E-state index is 0.111. The number of thioether (sulfide) groups is 1. The SMILES string of the molecule is Cc1cc(N(CCC#N)C(=O)CSc2nnc(C(C)C)n2Cc2ccco2)ccc1Cl. The van der Waals surface area contributed by atoms with Crippen molar-refractivity contribution in [3.05, 3.63) is 58.8 Å². The summed E-state index contributed by atoms with van der Waals surface area (Å²) in [7, 11) is 0. The van der Waals surface area contributed by atoms with Gasteiger partial charge in [-0.2, -0.15) is 5.26 Å². The monoisotopic (exact) mass is 457 g/mol. The van der Waals surface area contributed by atoms with E-state index in [9.17, 15) is 4.79 Å². The van der Waals surface area contributed by atoms with Crippen molar-refractivity contribution in [2.75, 3.05) is 17.2 Å². The molecule has 3 aromatic rings. The van der Waals surface area contributed by atoms with Gasteiger partial charge in [-0.3, -0.25) is 9.36 Å². The minimum Gasteiger partial charge on any atom is -0.467 e. The first-order valence-corrected chi connectivity index (χ1v) is 11.3. The molecular formula is C22H24ClN5O2S. The Morgan fingerprint density at radius 2 is 2.16 bits per heavy atom. The molecule has 0 radical (unpaired) electrons. The number of carbonyl (C=O) groups is 1. The quantitative estimate of drug-likeness (QED) is 0.418. The molecule has 0 saturated heterocycles. The maximum atomic E-state index is 13.1. The van der Waals surface area contributed by atoms with Gasteiger partial charge in [-0.05, 0) is 42.8 Å². The molecule has 0 atom stereocenters. The number of carbonyl (C=O) groups excluding carboxylic acids is 1. The number of nitrogens with zero attached hydrogens (tertiary/aromatic N) is 5. The van der Waals surface area contributed by atoms with Crippen LogP contribution in [-0.4, -0.2) is 33.0 Å². The van der Waals surface area contributed by atoms with Gasteiger partial charge in [-0.1, -0.05) is 37.2 Å². The minimum atomic E-state index is -0.111. The molecule has 1 aromatic carbocycles. The predicted octanol–water partition coefficient (Wildman–Crippen LogP) is 5.04. The molecule has 0 unspecified atom stereocenters. The van der Waals surface area contributed by atoms with E-state index < -0.39 is 0 Å². The molecule has 9 heteroatoms.